The van der Waals surface area contributed by atoms with Crippen molar-refractivity contribution >= 4 is 5.69 Å². The monoisotopic (exact) mass is 329 g/mol. The Hall–Kier alpha value is -1.92. The third-order valence-electron chi connectivity index (χ3n) is 4.69. The molecule has 3 heterocycles. The number of hydrogen-bond acceptors (Lipinski definition) is 5. The van der Waals surface area contributed by atoms with Gasteiger partial charge in [-0.05, 0) is 26.0 Å². The zero-order chi connectivity index (χ0) is 17.3. The molecule has 1 fully saturated rings. The van der Waals surface area contributed by atoms with Crippen molar-refractivity contribution in [2.24, 2.45) is 7.05 Å². The largest absolute Gasteiger partial charge is 0.378 e. The number of anilines is 1. The molecule has 6 heteroatoms. The van der Waals surface area contributed by atoms with E-state index in [9.17, 15) is 0 Å². The van der Waals surface area contributed by atoms with Gasteiger partial charge in [0.1, 0.15) is 6.10 Å². The summed E-state index contributed by atoms with van der Waals surface area (Å²) in [6, 6.07) is 4.24. The summed E-state index contributed by atoms with van der Waals surface area (Å²) in [5.74, 6) is 0. The molecule has 0 amide bonds. The first-order chi connectivity index (χ1) is 11.4. The summed E-state index contributed by atoms with van der Waals surface area (Å²) in [5.41, 5.74) is 5.72. The molecule has 0 saturated carbocycles. The van der Waals surface area contributed by atoms with Gasteiger partial charge in [0, 0.05) is 63.4 Å². The molecule has 24 heavy (non-hydrogen) atoms. The maximum Gasteiger partial charge on any atom is 0.112 e. The standard InChI is InChI=1S/C18H27N5O/c1-13-8-16(21(3)4)9-17(20-13)18-12-23(6-7-24-18)11-15-10-19-22(5)14(15)2/h8-10,18H,6-7,11-12H2,1-5H3/t18-/m1/s1. The number of rotatable bonds is 4. The van der Waals surface area contributed by atoms with Gasteiger partial charge in [-0.1, -0.05) is 0 Å². The zero-order valence-electron chi connectivity index (χ0n) is 15.3. The van der Waals surface area contributed by atoms with Crippen LogP contribution in [-0.2, 0) is 18.3 Å². The van der Waals surface area contributed by atoms with Crippen LogP contribution in [0.4, 0.5) is 5.69 Å². The Morgan fingerprint density at radius 1 is 1.29 bits per heavy atom. The number of hydrogen-bond donors (Lipinski definition) is 0. The molecule has 0 spiro atoms. The van der Waals surface area contributed by atoms with Crippen LogP contribution in [0.2, 0.25) is 0 Å². The first-order valence-corrected chi connectivity index (χ1v) is 8.41. The normalized spacial score (nSPS) is 18.8. The second kappa shape index (κ2) is 6.91. The molecule has 0 aromatic carbocycles. The first kappa shape index (κ1) is 16.9. The highest BCUT2D eigenvalue weighted by molar-refractivity contribution is 5.47. The summed E-state index contributed by atoms with van der Waals surface area (Å²) in [6.07, 6.45) is 1.99. The van der Waals surface area contributed by atoms with Gasteiger partial charge in [-0.2, -0.15) is 5.10 Å². The molecule has 0 unspecified atom stereocenters. The molecule has 6 nitrogen and oxygen atoms in total. The van der Waals surface area contributed by atoms with Gasteiger partial charge in [-0.3, -0.25) is 14.6 Å². The van der Waals surface area contributed by atoms with Crippen LogP contribution in [0.1, 0.15) is 28.7 Å². The van der Waals surface area contributed by atoms with Crippen molar-refractivity contribution in [1.29, 1.82) is 0 Å². The van der Waals surface area contributed by atoms with E-state index in [2.05, 4.69) is 48.1 Å². The van der Waals surface area contributed by atoms with Gasteiger partial charge in [0.25, 0.3) is 0 Å². The fraction of sp³-hybridized carbons (Fsp3) is 0.556. The summed E-state index contributed by atoms with van der Waals surface area (Å²) >= 11 is 0. The van der Waals surface area contributed by atoms with Crippen molar-refractivity contribution < 1.29 is 4.74 Å². The predicted octanol–water partition coefficient (Wildman–Crippen LogP) is 2.07. The highest BCUT2D eigenvalue weighted by Crippen LogP contribution is 2.25. The van der Waals surface area contributed by atoms with Gasteiger partial charge in [-0.25, -0.2) is 0 Å². The lowest BCUT2D eigenvalue weighted by Crippen LogP contribution is -2.38. The van der Waals surface area contributed by atoms with E-state index >= 15 is 0 Å². The highest BCUT2D eigenvalue weighted by atomic mass is 16.5. The highest BCUT2D eigenvalue weighted by Gasteiger charge is 2.24. The van der Waals surface area contributed by atoms with Crippen molar-refractivity contribution in [3.05, 3.63) is 41.0 Å². The Bertz CT molecular complexity index is 709. The third kappa shape index (κ3) is 3.60. The summed E-state index contributed by atoms with van der Waals surface area (Å²) in [7, 11) is 6.09. The average molecular weight is 329 g/mol. The summed E-state index contributed by atoms with van der Waals surface area (Å²) in [6.45, 7) is 7.60. The predicted molar refractivity (Wildman–Crippen MR) is 95.2 cm³/mol. The van der Waals surface area contributed by atoms with Crippen LogP contribution in [0, 0.1) is 13.8 Å². The minimum Gasteiger partial charge on any atom is -0.378 e. The van der Waals surface area contributed by atoms with Crippen molar-refractivity contribution in [3.63, 3.8) is 0 Å². The van der Waals surface area contributed by atoms with E-state index < -0.39 is 0 Å². The maximum absolute atomic E-state index is 6.01. The van der Waals surface area contributed by atoms with Crippen LogP contribution >= 0.6 is 0 Å². The Morgan fingerprint density at radius 2 is 2.08 bits per heavy atom. The fourth-order valence-electron chi connectivity index (χ4n) is 3.06. The maximum atomic E-state index is 6.01. The fourth-order valence-corrected chi connectivity index (χ4v) is 3.06. The molecule has 1 aliphatic heterocycles. The Balaban J connectivity index is 1.75. The molecular weight excluding hydrogens is 302 g/mol. The molecule has 0 aliphatic carbocycles. The number of morpholine rings is 1. The van der Waals surface area contributed by atoms with Gasteiger partial charge in [0.15, 0.2) is 0 Å². The number of aromatic nitrogens is 3. The van der Waals surface area contributed by atoms with Crippen LogP contribution in [0.3, 0.4) is 0 Å². The van der Waals surface area contributed by atoms with Gasteiger partial charge >= 0.3 is 0 Å². The van der Waals surface area contributed by atoms with E-state index in [-0.39, 0.29) is 6.10 Å². The number of ether oxygens (including phenoxy) is 1. The second-order valence-corrected chi connectivity index (χ2v) is 6.76. The van der Waals surface area contributed by atoms with Crippen LogP contribution in [0.25, 0.3) is 0 Å². The molecule has 1 atom stereocenters. The Morgan fingerprint density at radius 3 is 2.75 bits per heavy atom. The molecule has 3 rings (SSSR count). The van der Waals surface area contributed by atoms with E-state index in [1.165, 1.54) is 16.9 Å². The van der Waals surface area contributed by atoms with E-state index in [1.54, 1.807) is 0 Å². The summed E-state index contributed by atoms with van der Waals surface area (Å²) in [4.78, 5) is 9.25. The molecule has 0 N–H and O–H groups in total. The van der Waals surface area contributed by atoms with Gasteiger partial charge in [-0.15, -0.1) is 0 Å². The van der Waals surface area contributed by atoms with E-state index in [1.807, 2.05) is 24.9 Å². The summed E-state index contributed by atoms with van der Waals surface area (Å²) < 4.78 is 7.94. The molecule has 0 bridgehead atoms. The van der Waals surface area contributed by atoms with Crippen molar-refractivity contribution in [3.8, 4) is 0 Å². The van der Waals surface area contributed by atoms with Crippen LogP contribution in [-0.4, -0.2) is 53.5 Å². The minimum absolute atomic E-state index is 0.0225. The molecule has 2 aromatic rings. The third-order valence-corrected chi connectivity index (χ3v) is 4.69. The lowest BCUT2D eigenvalue weighted by Gasteiger charge is -2.33. The van der Waals surface area contributed by atoms with E-state index in [0.29, 0.717) is 0 Å². The van der Waals surface area contributed by atoms with Crippen molar-refractivity contribution in [1.82, 2.24) is 19.7 Å². The van der Waals surface area contributed by atoms with Gasteiger partial charge in [0.2, 0.25) is 0 Å². The first-order valence-electron chi connectivity index (χ1n) is 8.41. The average Bonchev–Trinajstić information content (AvgIpc) is 2.86. The van der Waals surface area contributed by atoms with Crippen molar-refractivity contribution in [2.45, 2.75) is 26.5 Å². The number of nitrogens with zero attached hydrogens (tertiary/aromatic N) is 5. The molecular formula is C18H27N5O. The molecule has 2 aromatic heterocycles. The lowest BCUT2D eigenvalue weighted by atomic mass is 10.1. The lowest BCUT2D eigenvalue weighted by molar-refractivity contribution is -0.0350. The number of aryl methyl sites for hydroxylation is 2. The van der Waals surface area contributed by atoms with E-state index in [4.69, 9.17) is 9.72 Å². The SMILES string of the molecule is Cc1cc(N(C)C)cc([C@H]2CN(Cc3cnn(C)c3C)CCO2)n1. The smallest absolute Gasteiger partial charge is 0.112 e. The zero-order valence-corrected chi connectivity index (χ0v) is 15.3. The number of pyridine rings is 1. The molecule has 0 radical (unpaired) electrons. The topological polar surface area (TPSA) is 46.4 Å². The van der Waals surface area contributed by atoms with Crippen LogP contribution < -0.4 is 4.90 Å². The summed E-state index contributed by atoms with van der Waals surface area (Å²) in [5, 5.41) is 4.34. The van der Waals surface area contributed by atoms with Gasteiger partial charge in [0.05, 0.1) is 18.5 Å². The van der Waals surface area contributed by atoms with Crippen LogP contribution in [0.5, 0.6) is 0 Å². The Kier molecular flexibility index (Phi) is 4.87. The van der Waals surface area contributed by atoms with Gasteiger partial charge < -0.3 is 9.64 Å². The quantitative estimate of drug-likeness (QED) is 0.859. The minimum atomic E-state index is 0.0225. The van der Waals surface area contributed by atoms with E-state index in [0.717, 1.165) is 37.6 Å². The Labute approximate surface area is 144 Å². The molecule has 130 valence electrons. The molecule has 1 aliphatic rings. The molecule has 1 saturated heterocycles. The second-order valence-electron chi connectivity index (χ2n) is 6.76. The van der Waals surface area contributed by atoms with Crippen LogP contribution in [0.15, 0.2) is 18.3 Å². The van der Waals surface area contributed by atoms with Crippen molar-refractivity contribution in [2.75, 3.05) is 38.7 Å².